The molecule has 1 aromatic rings. The number of aliphatic hydroxyl groups is 1. The molecule has 3 aliphatic rings. The summed E-state index contributed by atoms with van der Waals surface area (Å²) in [5.41, 5.74) is 1.18. The number of anilines is 1. The summed E-state index contributed by atoms with van der Waals surface area (Å²) in [7, 11) is 0. The van der Waals surface area contributed by atoms with Crippen molar-refractivity contribution in [1.29, 1.82) is 0 Å². The average Bonchev–Trinajstić information content (AvgIpc) is 3.29. The average molecular weight is 304 g/mol. The van der Waals surface area contributed by atoms with Crippen molar-refractivity contribution in [3.8, 4) is 0 Å². The van der Waals surface area contributed by atoms with Gasteiger partial charge < -0.3 is 15.2 Å². The van der Waals surface area contributed by atoms with Crippen molar-refractivity contribution in [2.24, 2.45) is 0 Å². The maximum atomic E-state index is 9.06. The highest BCUT2D eigenvalue weighted by atomic mass is 16.5. The third-order valence-electron chi connectivity index (χ3n) is 4.98. The zero-order chi connectivity index (χ0) is 14.9. The highest BCUT2D eigenvalue weighted by molar-refractivity contribution is 5.38. The molecule has 2 aliphatic heterocycles. The number of morpholine rings is 1. The number of aliphatic hydroxyl groups excluding tert-OH is 1. The molecule has 0 amide bonds. The first kappa shape index (κ1) is 14.4. The Labute approximate surface area is 130 Å². The number of nitrogens with one attached hydrogen (secondary N) is 1. The third kappa shape index (κ3) is 3.09. The van der Waals surface area contributed by atoms with Gasteiger partial charge in [-0.05, 0) is 25.7 Å². The number of rotatable bonds is 5. The molecule has 0 bridgehead atoms. The standard InChI is InChI=1S/C16H24N4O2/c21-4-3-14-8-20-7-12(5-13(20)9-22-14)19-16-6-15(11-1-2-11)17-10-18-16/h6,10-14,21H,1-5,7-9H2,(H,17,18,19)/t12-,13-,14-/m0/s1. The molecule has 1 saturated carbocycles. The normalized spacial score (nSPS) is 32.0. The van der Waals surface area contributed by atoms with Gasteiger partial charge >= 0.3 is 0 Å². The van der Waals surface area contributed by atoms with Gasteiger partial charge in [-0.2, -0.15) is 0 Å². The second kappa shape index (κ2) is 6.10. The summed E-state index contributed by atoms with van der Waals surface area (Å²) in [5, 5.41) is 12.6. The van der Waals surface area contributed by atoms with Crippen LogP contribution < -0.4 is 5.32 Å². The monoisotopic (exact) mass is 304 g/mol. The van der Waals surface area contributed by atoms with Crippen molar-refractivity contribution < 1.29 is 9.84 Å². The Kier molecular flexibility index (Phi) is 3.98. The number of aromatic nitrogens is 2. The molecule has 2 N–H and O–H groups in total. The van der Waals surface area contributed by atoms with Crippen LogP contribution in [0.3, 0.4) is 0 Å². The third-order valence-corrected chi connectivity index (χ3v) is 4.98. The molecule has 4 rings (SSSR count). The SMILES string of the molecule is OCC[C@H]1CN2C[C@@H](Nc3cc(C4CC4)ncn3)C[C@H]2CO1. The van der Waals surface area contributed by atoms with Gasteiger partial charge in [-0.15, -0.1) is 0 Å². The molecule has 0 unspecified atom stereocenters. The van der Waals surface area contributed by atoms with Crippen LogP contribution in [0.25, 0.3) is 0 Å². The molecule has 3 heterocycles. The summed E-state index contributed by atoms with van der Waals surface area (Å²) in [6.07, 6.45) is 6.21. The summed E-state index contributed by atoms with van der Waals surface area (Å²) in [6.45, 7) is 2.94. The first-order valence-electron chi connectivity index (χ1n) is 8.37. The quantitative estimate of drug-likeness (QED) is 0.845. The highest BCUT2D eigenvalue weighted by Gasteiger charge is 2.37. The lowest BCUT2D eigenvalue weighted by atomic mass is 10.1. The fourth-order valence-corrected chi connectivity index (χ4v) is 3.63. The van der Waals surface area contributed by atoms with E-state index < -0.39 is 0 Å². The summed E-state index contributed by atoms with van der Waals surface area (Å²) in [4.78, 5) is 11.2. The Morgan fingerprint density at radius 1 is 1.32 bits per heavy atom. The van der Waals surface area contributed by atoms with E-state index in [0.29, 0.717) is 18.0 Å². The fraction of sp³-hybridized carbons (Fsp3) is 0.750. The predicted octanol–water partition coefficient (Wildman–Crippen LogP) is 0.990. The molecule has 6 nitrogen and oxygen atoms in total. The van der Waals surface area contributed by atoms with E-state index in [1.54, 1.807) is 6.33 Å². The van der Waals surface area contributed by atoms with Crippen molar-refractivity contribution in [2.45, 2.75) is 49.8 Å². The van der Waals surface area contributed by atoms with Crippen LogP contribution in [0, 0.1) is 0 Å². The Bertz CT molecular complexity index is 523. The number of ether oxygens (including phenoxy) is 1. The van der Waals surface area contributed by atoms with Crippen molar-refractivity contribution in [3.05, 3.63) is 18.1 Å². The number of nitrogens with zero attached hydrogens (tertiary/aromatic N) is 3. The molecular formula is C16H24N4O2. The molecular weight excluding hydrogens is 280 g/mol. The Balaban J connectivity index is 1.36. The van der Waals surface area contributed by atoms with Gasteiger partial charge in [0.2, 0.25) is 0 Å². The number of hydrogen-bond acceptors (Lipinski definition) is 6. The van der Waals surface area contributed by atoms with Crippen LogP contribution >= 0.6 is 0 Å². The van der Waals surface area contributed by atoms with Crippen molar-refractivity contribution in [1.82, 2.24) is 14.9 Å². The molecule has 3 fully saturated rings. The summed E-state index contributed by atoms with van der Waals surface area (Å²) in [6, 6.07) is 3.03. The largest absolute Gasteiger partial charge is 0.396 e. The van der Waals surface area contributed by atoms with E-state index in [9.17, 15) is 0 Å². The Morgan fingerprint density at radius 2 is 2.23 bits per heavy atom. The smallest absolute Gasteiger partial charge is 0.129 e. The van der Waals surface area contributed by atoms with Crippen LogP contribution in [0.1, 0.15) is 37.3 Å². The van der Waals surface area contributed by atoms with Gasteiger partial charge in [-0.1, -0.05) is 0 Å². The molecule has 2 saturated heterocycles. The molecule has 3 atom stereocenters. The van der Waals surface area contributed by atoms with E-state index in [-0.39, 0.29) is 12.7 Å². The maximum Gasteiger partial charge on any atom is 0.129 e. The van der Waals surface area contributed by atoms with Gasteiger partial charge in [-0.3, -0.25) is 4.90 Å². The van der Waals surface area contributed by atoms with Crippen LogP contribution in [-0.2, 0) is 4.74 Å². The van der Waals surface area contributed by atoms with E-state index in [2.05, 4.69) is 26.3 Å². The number of hydrogen-bond donors (Lipinski definition) is 2. The predicted molar refractivity (Wildman–Crippen MR) is 82.8 cm³/mol. The van der Waals surface area contributed by atoms with E-state index >= 15 is 0 Å². The van der Waals surface area contributed by atoms with Crippen LogP contribution in [0.15, 0.2) is 12.4 Å². The maximum absolute atomic E-state index is 9.06. The molecule has 1 aliphatic carbocycles. The van der Waals surface area contributed by atoms with Crippen molar-refractivity contribution in [2.75, 3.05) is 31.6 Å². The van der Waals surface area contributed by atoms with Gasteiger partial charge in [0, 0.05) is 49.5 Å². The van der Waals surface area contributed by atoms with Crippen LogP contribution in [0.5, 0.6) is 0 Å². The minimum absolute atomic E-state index is 0.181. The van der Waals surface area contributed by atoms with Gasteiger partial charge in [0.15, 0.2) is 0 Å². The first-order chi connectivity index (χ1) is 10.8. The van der Waals surface area contributed by atoms with Gasteiger partial charge in [0.25, 0.3) is 0 Å². The minimum Gasteiger partial charge on any atom is -0.396 e. The zero-order valence-corrected chi connectivity index (χ0v) is 12.8. The second-order valence-corrected chi connectivity index (χ2v) is 6.75. The lowest BCUT2D eigenvalue weighted by Crippen LogP contribution is -2.46. The molecule has 1 aromatic heterocycles. The minimum atomic E-state index is 0.181. The van der Waals surface area contributed by atoms with E-state index in [0.717, 1.165) is 38.4 Å². The van der Waals surface area contributed by atoms with E-state index in [1.165, 1.54) is 18.5 Å². The van der Waals surface area contributed by atoms with Crippen LogP contribution in [0.2, 0.25) is 0 Å². The lowest BCUT2D eigenvalue weighted by Gasteiger charge is -2.34. The van der Waals surface area contributed by atoms with Crippen LogP contribution in [0.4, 0.5) is 5.82 Å². The highest BCUT2D eigenvalue weighted by Crippen LogP contribution is 2.39. The zero-order valence-electron chi connectivity index (χ0n) is 12.8. The molecule has 0 radical (unpaired) electrons. The molecule has 0 aromatic carbocycles. The summed E-state index contributed by atoms with van der Waals surface area (Å²) >= 11 is 0. The topological polar surface area (TPSA) is 70.5 Å². The molecule has 0 spiro atoms. The number of fused-ring (bicyclic) bond motifs is 1. The molecule has 120 valence electrons. The molecule has 6 heteroatoms. The van der Waals surface area contributed by atoms with Crippen molar-refractivity contribution in [3.63, 3.8) is 0 Å². The van der Waals surface area contributed by atoms with Crippen LogP contribution in [-0.4, -0.2) is 64.5 Å². The van der Waals surface area contributed by atoms with Gasteiger partial charge in [0.05, 0.1) is 12.7 Å². The Morgan fingerprint density at radius 3 is 3.05 bits per heavy atom. The fourth-order valence-electron chi connectivity index (χ4n) is 3.63. The summed E-state index contributed by atoms with van der Waals surface area (Å²) < 4.78 is 5.83. The molecule has 22 heavy (non-hydrogen) atoms. The van der Waals surface area contributed by atoms with E-state index in [1.807, 2.05) is 0 Å². The van der Waals surface area contributed by atoms with Gasteiger partial charge in [-0.25, -0.2) is 9.97 Å². The lowest BCUT2D eigenvalue weighted by molar-refractivity contribution is -0.0566. The van der Waals surface area contributed by atoms with E-state index in [4.69, 9.17) is 9.84 Å². The first-order valence-corrected chi connectivity index (χ1v) is 8.37. The van der Waals surface area contributed by atoms with Gasteiger partial charge in [0.1, 0.15) is 12.1 Å². The second-order valence-electron chi connectivity index (χ2n) is 6.75. The van der Waals surface area contributed by atoms with Crippen molar-refractivity contribution >= 4 is 5.82 Å². The summed E-state index contributed by atoms with van der Waals surface area (Å²) in [5.74, 6) is 1.61. The Hall–Kier alpha value is -1.24.